The molecule has 0 rings (SSSR count). The summed E-state index contributed by atoms with van der Waals surface area (Å²) in [6, 6.07) is 0.468. The van der Waals surface area contributed by atoms with E-state index in [1.54, 1.807) is 0 Å². The van der Waals surface area contributed by atoms with E-state index in [-0.39, 0.29) is 0 Å². The molecule has 0 fully saturated rings. The molecule has 66 valence electrons. The summed E-state index contributed by atoms with van der Waals surface area (Å²) >= 11 is 0. The molecule has 1 unspecified atom stereocenters. The van der Waals surface area contributed by atoms with E-state index in [1.807, 2.05) is 7.05 Å². The molecule has 1 nitrogen and oxygen atoms in total. The molecule has 1 heteroatoms. The van der Waals surface area contributed by atoms with E-state index in [1.165, 1.54) is 5.57 Å². The molecule has 0 aromatic heterocycles. The maximum absolute atomic E-state index is 4.08. The highest BCUT2D eigenvalue weighted by atomic mass is 14.9. The highest BCUT2D eigenvalue weighted by Gasteiger charge is 2.16. The first-order valence-electron chi connectivity index (χ1n) is 4.36. The largest absolute Gasteiger partial charge is 0.313 e. The van der Waals surface area contributed by atoms with Gasteiger partial charge in [-0.3, -0.25) is 0 Å². The van der Waals surface area contributed by atoms with E-state index in [2.05, 4.69) is 39.6 Å². The average Bonchev–Trinajstić information content (AvgIpc) is 1.88. The van der Waals surface area contributed by atoms with Crippen molar-refractivity contribution in [3.63, 3.8) is 0 Å². The van der Waals surface area contributed by atoms with Crippen molar-refractivity contribution in [2.45, 2.75) is 33.7 Å². The number of nitrogens with one attached hydrogen (secondary N) is 1. The SMILES string of the molecule is C=C(C(C)C)C(NC)C(C)C. The summed E-state index contributed by atoms with van der Waals surface area (Å²) in [6.07, 6.45) is 0. The highest BCUT2D eigenvalue weighted by Crippen LogP contribution is 2.17. The first-order chi connectivity index (χ1) is 5.00. The second-order valence-electron chi connectivity index (χ2n) is 3.74. The lowest BCUT2D eigenvalue weighted by Gasteiger charge is -2.25. The number of hydrogen-bond acceptors (Lipinski definition) is 1. The Balaban J connectivity index is 4.15. The third kappa shape index (κ3) is 3.06. The quantitative estimate of drug-likeness (QED) is 0.615. The van der Waals surface area contributed by atoms with Crippen LogP contribution in [0.4, 0.5) is 0 Å². The molecule has 0 aliphatic rings. The van der Waals surface area contributed by atoms with Gasteiger partial charge < -0.3 is 5.32 Å². The molecule has 0 aliphatic heterocycles. The van der Waals surface area contributed by atoms with Gasteiger partial charge in [0.25, 0.3) is 0 Å². The van der Waals surface area contributed by atoms with Gasteiger partial charge in [0.15, 0.2) is 0 Å². The molecule has 0 heterocycles. The van der Waals surface area contributed by atoms with Gasteiger partial charge in [-0.05, 0) is 18.9 Å². The monoisotopic (exact) mass is 155 g/mol. The first-order valence-corrected chi connectivity index (χ1v) is 4.36. The Kier molecular flexibility index (Phi) is 4.43. The van der Waals surface area contributed by atoms with Gasteiger partial charge in [0, 0.05) is 6.04 Å². The number of hydrogen-bond donors (Lipinski definition) is 1. The van der Waals surface area contributed by atoms with Gasteiger partial charge in [0.1, 0.15) is 0 Å². The van der Waals surface area contributed by atoms with E-state index >= 15 is 0 Å². The molecule has 11 heavy (non-hydrogen) atoms. The van der Waals surface area contributed by atoms with Crippen molar-refractivity contribution in [1.29, 1.82) is 0 Å². The van der Waals surface area contributed by atoms with E-state index in [0.717, 1.165) is 0 Å². The van der Waals surface area contributed by atoms with Crippen molar-refractivity contribution in [3.05, 3.63) is 12.2 Å². The van der Waals surface area contributed by atoms with E-state index < -0.39 is 0 Å². The topological polar surface area (TPSA) is 12.0 Å². The van der Waals surface area contributed by atoms with E-state index in [9.17, 15) is 0 Å². The van der Waals surface area contributed by atoms with Crippen LogP contribution in [0.25, 0.3) is 0 Å². The maximum Gasteiger partial charge on any atom is 0.0299 e. The van der Waals surface area contributed by atoms with E-state index in [0.29, 0.717) is 17.9 Å². The zero-order valence-corrected chi connectivity index (χ0v) is 8.44. The van der Waals surface area contributed by atoms with Gasteiger partial charge in [0.05, 0.1) is 0 Å². The van der Waals surface area contributed by atoms with Gasteiger partial charge >= 0.3 is 0 Å². The van der Waals surface area contributed by atoms with Crippen LogP contribution in [-0.4, -0.2) is 13.1 Å². The lowest BCUT2D eigenvalue weighted by molar-refractivity contribution is 0.448. The molecule has 0 radical (unpaired) electrons. The molecule has 0 bridgehead atoms. The van der Waals surface area contributed by atoms with Gasteiger partial charge in [-0.2, -0.15) is 0 Å². The van der Waals surface area contributed by atoms with Crippen LogP contribution in [0.3, 0.4) is 0 Å². The summed E-state index contributed by atoms with van der Waals surface area (Å²) in [4.78, 5) is 0. The molecule has 1 N–H and O–H groups in total. The van der Waals surface area contributed by atoms with Crippen molar-refractivity contribution >= 4 is 0 Å². The lowest BCUT2D eigenvalue weighted by Crippen LogP contribution is -2.33. The summed E-state index contributed by atoms with van der Waals surface area (Å²) in [5, 5.41) is 3.28. The Morgan fingerprint density at radius 2 is 1.64 bits per heavy atom. The fourth-order valence-corrected chi connectivity index (χ4v) is 1.31. The minimum Gasteiger partial charge on any atom is -0.313 e. The molecule has 0 amide bonds. The van der Waals surface area contributed by atoms with Gasteiger partial charge in [-0.1, -0.05) is 39.8 Å². The van der Waals surface area contributed by atoms with Crippen LogP contribution in [0.15, 0.2) is 12.2 Å². The lowest BCUT2D eigenvalue weighted by atomic mass is 9.90. The van der Waals surface area contributed by atoms with Crippen molar-refractivity contribution in [2.24, 2.45) is 11.8 Å². The standard InChI is InChI=1S/C10H21N/c1-7(2)9(5)10(11-6)8(3)4/h7-8,10-11H,5H2,1-4,6H3. The molecule has 0 aromatic carbocycles. The Hall–Kier alpha value is -0.300. The second kappa shape index (κ2) is 4.55. The minimum atomic E-state index is 0.468. The minimum absolute atomic E-state index is 0.468. The van der Waals surface area contributed by atoms with Gasteiger partial charge in [-0.25, -0.2) is 0 Å². The smallest absolute Gasteiger partial charge is 0.0299 e. The third-order valence-electron chi connectivity index (χ3n) is 2.12. The normalized spacial score (nSPS) is 14.1. The molecular weight excluding hydrogens is 134 g/mol. The molecule has 0 aromatic rings. The molecule has 0 aliphatic carbocycles. The summed E-state index contributed by atoms with van der Waals surface area (Å²) in [6.45, 7) is 12.9. The van der Waals surface area contributed by atoms with Crippen LogP contribution in [0.5, 0.6) is 0 Å². The van der Waals surface area contributed by atoms with Crippen LogP contribution >= 0.6 is 0 Å². The van der Waals surface area contributed by atoms with Crippen LogP contribution < -0.4 is 5.32 Å². The van der Waals surface area contributed by atoms with Crippen molar-refractivity contribution in [2.75, 3.05) is 7.05 Å². The highest BCUT2D eigenvalue weighted by molar-refractivity contribution is 5.08. The van der Waals surface area contributed by atoms with Crippen molar-refractivity contribution in [1.82, 2.24) is 5.32 Å². The summed E-state index contributed by atoms with van der Waals surface area (Å²) < 4.78 is 0. The van der Waals surface area contributed by atoms with Crippen LogP contribution in [0, 0.1) is 11.8 Å². The van der Waals surface area contributed by atoms with Crippen LogP contribution in [0.2, 0.25) is 0 Å². The number of likely N-dealkylation sites (N-methyl/N-ethyl adjacent to an activating group) is 1. The zero-order valence-electron chi connectivity index (χ0n) is 8.44. The molecule has 0 saturated carbocycles. The van der Waals surface area contributed by atoms with Gasteiger partial charge in [-0.15, -0.1) is 0 Å². The predicted octanol–water partition coefficient (Wildman–Crippen LogP) is 2.44. The van der Waals surface area contributed by atoms with Crippen molar-refractivity contribution < 1.29 is 0 Å². The molecule has 1 atom stereocenters. The average molecular weight is 155 g/mol. The maximum atomic E-state index is 4.08. The third-order valence-corrected chi connectivity index (χ3v) is 2.12. The first kappa shape index (κ1) is 10.7. The summed E-state index contributed by atoms with van der Waals surface area (Å²) in [7, 11) is 2.00. The predicted molar refractivity (Wildman–Crippen MR) is 51.7 cm³/mol. The Morgan fingerprint density at radius 1 is 1.18 bits per heavy atom. The Bertz CT molecular complexity index is 125. The molecule has 0 spiro atoms. The van der Waals surface area contributed by atoms with Crippen LogP contribution in [-0.2, 0) is 0 Å². The summed E-state index contributed by atoms with van der Waals surface area (Å²) in [5.74, 6) is 1.21. The van der Waals surface area contributed by atoms with Crippen LogP contribution in [0.1, 0.15) is 27.7 Å². The Morgan fingerprint density at radius 3 is 1.73 bits per heavy atom. The van der Waals surface area contributed by atoms with Crippen molar-refractivity contribution in [3.8, 4) is 0 Å². The fraction of sp³-hybridized carbons (Fsp3) is 0.800. The second-order valence-corrected chi connectivity index (χ2v) is 3.74. The zero-order chi connectivity index (χ0) is 9.02. The fourth-order valence-electron chi connectivity index (χ4n) is 1.31. The number of rotatable bonds is 4. The molecule has 0 saturated heterocycles. The molecular formula is C10H21N. The Labute approximate surface area is 70.9 Å². The van der Waals surface area contributed by atoms with Gasteiger partial charge in [0.2, 0.25) is 0 Å². The van der Waals surface area contributed by atoms with E-state index in [4.69, 9.17) is 0 Å². The summed E-state index contributed by atoms with van der Waals surface area (Å²) in [5.41, 5.74) is 1.31.